The number of methoxy groups -OCH3 is 1. The zero-order chi connectivity index (χ0) is 18.8. The van der Waals surface area contributed by atoms with Gasteiger partial charge in [-0.15, -0.1) is 0 Å². The number of rotatable bonds is 3. The first kappa shape index (κ1) is 17.7. The van der Waals surface area contributed by atoms with E-state index in [0.717, 1.165) is 0 Å². The molecule has 1 heterocycles. The highest BCUT2D eigenvalue weighted by Gasteiger charge is 2.25. The standard InChI is InChI=1S/C20H15ClFN3O/c1-11-17(12-6-3-4-9-16(12)26-2)18(13(10-23)20(24)25-11)19-14(21)7-5-8-15(19)22/h3-9H,1-2H3,(H2,24,25). The average Bonchev–Trinajstić information content (AvgIpc) is 2.61. The van der Waals surface area contributed by atoms with Gasteiger partial charge in [0.2, 0.25) is 0 Å². The van der Waals surface area contributed by atoms with Crippen LogP contribution < -0.4 is 10.5 Å². The van der Waals surface area contributed by atoms with Gasteiger partial charge in [-0.2, -0.15) is 5.26 Å². The summed E-state index contributed by atoms with van der Waals surface area (Å²) in [5, 5.41) is 9.85. The Balaban J connectivity index is 2.53. The number of anilines is 1. The van der Waals surface area contributed by atoms with E-state index in [4.69, 9.17) is 22.1 Å². The number of nitrogens with two attached hydrogens (primary N) is 1. The summed E-state index contributed by atoms with van der Waals surface area (Å²) in [4.78, 5) is 4.28. The van der Waals surface area contributed by atoms with E-state index in [0.29, 0.717) is 28.1 Å². The highest BCUT2D eigenvalue weighted by atomic mass is 35.5. The third-order valence-electron chi connectivity index (χ3n) is 4.11. The van der Waals surface area contributed by atoms with E-state index in [1.807, 2.05) is 24.3 Å². The fraction of sp³-hybridized carbons (Fsp3) is 0.100. The number of halogens is 2. The molecule has 0 amide bonds. The van der Waals surface area contributed by atoms with E-state index in [9.17, 15) is 9.65 Å². The number of pyridine rings is 1. The lowest BCUT2D eigenvalue weighted by Crippen LogP contribution is -2.05. The summed E-state index contributed by atoms with van der Waals surface area (Å²) in [6, 6.07) is 13.7. The lowest BCUT2D eigenvalue weighted by molar-refractivity contribution is 0.416. The Hall–Kier alpha value is -3.10. The Morgan fingerprint density at radius 2 is 1.85 bits per heavy atom. The SMILES string of the molecule is COc1ccccc1-c1c(C)nc(N)c(C#N)c1-c1c(F)cccc1Cl. The number of hydrogen-bond donors (Lipinski definition) is 1. The summed E-state index contributed by atoms with van der Waals surface area (Å²) in [7, 11) is 1.54. The predicted octanol–water partition coefficient (Wildman–Crippen LogP) is 4.98. The van der Waals surface area contributed by atoms with Crippen molar-refractivity contribution in [2.45, 2.75) is 6.92 Å². The molecular weight excluding hydrogens is 353 g/mol. The molecule has 0 aliphatic heterocycles. The van der Waals surface area contributed by atoms with Gasteiger partial charge in [0.1, 0.15) is 29.0 Å². The predicted molar refractivity (Wildman–Crippen MR) is 100 cm³/mol. The van der Waals surface area contributed by atoms with Crippen LogP contribution in [-0.2, 0) is 0 Å². The van der Waals surface area contributed by atoms with Crippen molar-refractivity contribution in [2.24, 2.45) is 0 Å². The summed E-state index contributed by atoms with van der Waals surface area (Å²) >= 11 is 6.29. The number of nitriles is 1. The lowest BCUT2D eigenvalue weighted by Gasteiger charge is -2.19. The van der Waals surface area contributed by atoms with Gasteiger partial charge in [-0.3, -0.25) is 0 Å². The maximum absolute atomic E-state index is 14.7. The molecule has 26 heavy (non-hydrogen) atoms. The molecule has 0 spiro atoms. The molecule has 0 fully saturated rings. The number of nitrogens with zero attached hydrogens (tertiary/aromatic N) is 2. The van der Waals surface area contributed by atoms with Crippen molar-refractivity contribution in [3.63, 3.8) is 0 Å². The Kier molecular flexibility index (Phi) is 4.79. The number of para-hydroxylation sites is 1. The van der Waals surface area contributed by atoms with E-state index >= 15 is 0 Å². The third-order valence-corrected chi connectivity index (χ3v) is 4.42. The van der Waals surface area contributed by atoms with Gasteiger partial charge in [-0.25, -0.2) is 9.37 Å². The fourth-order valence-electron chi connectivity index (χ4n) is 3.01. The number of ether oxygens (including phenoxy) is 1. The summed E-state index contributed by atoms with van der Waals surface area (Å²) in [5.41, 5.74) is 8.22. The number of benzene rings is 2. The molecular formula is C20H15ClFN3O. The average molecular weight is 368 g/mol. The molecule has 3 rings (SSSR count). The van der Waals surface area contributed by atoms with Crippen LogP contribution in [0.4, 0.5) is 10.2 Å². The Morgan fingerprint density at radius 3 is 2.50 bits per heavy atom. The zero-order valence-corrected chi connectivity index (χ0v) is 14.9. The first-order valence-electron chi connectivity index (χ1n) is 7.77. The number of aromatic nitrogens is 1. The molecule has 0 bridgehead atoms. The molecule has 130 valence electrons. The molecule has 0 aliphatic carbocycles. The molecule has 6 heteroatoms. The van der Waals surface area contributed by atoms with E-state index in [2.05, 4.69) is 4.98 Å². The maximum atomic E-state index is 14.7. The molecule has 0 atom stereocenters. The molecule has 0 saturated carbocycles. The quantitative estimate of drug-likeness (QED) is 0.708. The number of aryl methyl sites for hydroxylation is 1. The van der Waals surface area contributed by atoms with Crippen LogP contribution in [0.2, 0.25) is 5.02 Å². The van der Waals surface area contributed by atoms with Crippen molar-refractivity contribution in [2.75, 3.05) is 12.8 Å². The van der Waals surface area contributed by atoms with Gasteiger partial charge in [0.05, 0.1) is 12.1 Å². The highest BCUT2D eigenvalue weighted by molar-refractivity contribution is 6.33. The zero-order valence-electron chi connectivity index (χ0n) is 14.2. The summed E-state index contributed by atoms with van der Waals surface area (Å²) in [6.07, 6.45) is 0. The minimum atomic E-state index is -0.546. The summed E-state index contributed by atoms with van der Waals surface area (Å²) in [5.74, 6) is 0.0490. The van der Waals surface area contributed by atoms with Crippen LogP contribution in [0, 0.1) is 24.1 Å². The second-order valence-electron chi connectivity index (χ2n) is 5.62. The monoisotopic (exact) mass is 367 g/mol. The van der Waals surface area contributed by atoms with Crippen molar-refractivity contribution in [1.29, 1.82) is 5.26 Å². The Labute approximate surface area is 155 Å². The van der Waals surface area contributed by atoms with Crippen LogP contribution in [0.3, 0.4) is 0 Å². The van der Waals surface area contributed by atoms with E-state index < -0.39 is 5.82 Å². The highest BCUT2D eigenvalue weighted by Crippen LogP contribution is 2.44. The van der Waals surface area contributed by atoms with Gasteiger partial charge < -0.3 is 10.5 Å². The second kappa shape index (κ2) is 7.03. The lowest BCUT2D eigenvalue weighted by atomic mass is 9.89. The molecule has 2 N–H and O–H groups in total. The van der Waals surface area contributed by atoms with Gasteiger partial charge in [0.15, 0.2) is 0 Å². The fourth-order valence-corrected chi connectivity index (χ4v) is 3.26. The van der Waals surface area contributed by atoms with Gasteiger partial charge in [0, 0.05) is 27.9 Å². The van der Waals surface area contributed by atoms with Crippen LogP contribution >= 0.6 is 11.6 Å². The van der Waals surface area contributed by atoms with Gasteiger partial charge >= 0.3 is 0 Å². The topological polar surface area (TPSA) is 71.9 Å². The molecule has 0 radical (unpaired) electrons. The van der Waals surface area contributed by atoms with Crippen molar-refractivity contribution in [3.8, 4) is 34.1 Å². The van der Waals surface area contributed by atoms with Crippen molar-refractivity contribution < 1.29 is 9.13 Å². The maximum Gasteiger partial charge on any atom is 0.142 e. The van der Waals surface area contributed by atoms with Gasteiger partial charge in [0.25, 0.3) is 0 Å². The third kappa shape index (κ3) is 2.85. The smallest absolute Gasteiger partial charge is 0.142 e. The van der Waals surface area contributed by atoms with Crippen molar-refractivity contribution in [3.05, 3.63) is 64.6 Å². The minimum absolute atomic E-state index is 0.0259. The van der Waals surface area contributed by atoms with Gasteiger partial charge in [-0.05, 0) is 25.1 Å². The van der Waals surface area contributed by atoms with E-state index in [1.54, 1.807) is 26.2 Å². The number of hydrogen-bond acceptors (Lipinski definition) is 4. The minimum Gasteiger partial charge on any atom is -0.496 e. The van der Waals surface area contributed by atoms with E-state index in [-0.39, 0.29) is 22.0 Å². The molecule has 0 saturated heterocycles. The molecule has 0 unspecified atom stereocenters. The number of nitrogen functional groups attached to an aromatic ring is 1. The summed E-state index contributed by atoms with van der Waals surface area (Å²) < 4.78 is 20.1. The van der Waals surface area contributed by atoms with Crippen LogP contribution in [0.15, 0.2) is 42.5 Å². The van der Waals surface area contributed by atoms with Crippen LogP contribution in [0.5, 0.6) is 5.75 Å². The van der Waals surface area contributed by atoms with Crippen LogP contribution in [0.25, 0.3) is 22.3 Å². The van der Waals surface area contributed by atoms with Crippen molar-refractivity contribution >= 4 is 17.4 Å². The van der Waals surface area contributed by atoms with E-state index in [1.165, 1.54) is 12.1 Å². The largest absolute Gasteiger partial charge is 0.496 e. The summed E-state index contributed by atoms with van der Waals surface area (Å²) in [6.45, 7) is 1.75. The first-order valence-corrected chi connectivity index (χ1v) is 8.15. The normalized spacial score (nSPS) is 10.4. The van der Waals surface area contributed by atoms with Crippen LogP contribution in [-0.4, -0.2) is 12.1 Å². The Bertz CT molecular complexity index is 1020. The van der Waals surface area contributed by atoms with Crippen molar-refractivity contribution in [1.82, 2.24) is 4.98 Å². The van der Waals surface area contributed by atoms with Crippen LogP contribution in [0.1, 0.15) is 11.3 Å². The Morgan fingerprint density at radius 1 is 1.12 bits per heavy atom. The molecule has 2 aromatic carbocycles. The van der Waals surface area contributed by atoms with Gasteiger partial charge in [-0.1, -0.05) is 35.9 Å². The first-order chi connectivity index (χ1) is 12.5. The molecule has 1 aromatic heterocycles. The molecule has 3 aromatic rings. The molecule has 0 aliphatic rings. The molecule has 4 nitrogen and oxygen atoms in total. The second-order valence-corrected chi connectivity index (χ2v) is 6.02.